The molecule has 0 aliphatic carbocycles. The number of primary amides is 1. The van der Waals surface area contributed by atoms with Crippen LogP contribution in [-0.2, 0) is 4.74 Å². The second-order valence-electron chi connectivity index (χ2n) is 3.39. The third-order valence-electron chi connectivity index (χ3n) is 1.25. The molecule has 4 N–H and O–H groups in total. The van der Waals surface area contributed by atoms with Crippen molar-refractivity contribution in [3.8, 4) is 0 Å². The average Bonchev–Trinajstić information content (AvgIpc) is 2.00. The van der Waals surface area contributed by atoms with Crippen molar-refractivity contribution in [2.24, 2.45) is 11.1 Å². The molecule has 0 unspecified atom stereocenters. The van der Waals surface area contributed by atoms with Crippen LogP contribution in [0.1, 0.15) is 13.8 Å². The normalized spacial score (nSPS) is 10.7. The number of hydrogen-bond acceptors (Lipinski definition) is 4. The first-order valence-corrected chi connectivity index (χ1v) is 3.71. The molecule has 0 aliphatic heterocycles. The molecule has 6 nitrogen and oxygen atoms in total. The van der Waals surface area contributed by atoms with Crippen LogP contribution in [0.5, 0.6) is 0 Å². The van der Waals surface area contributed by atoms with E-state index in [2.05, 4.69) is 10.5 Å². The first-order valence-electron chi connectivity index (χ1n) is 3.71. The van der Waals surface area contributed by atoms with Gasteiger partial charge in [0.05, 0.1) is 6.61 Å². The highest BCUT2D eigenvalue weighted by atomic mass is 16.6. The molecule has 0 radical (unpaired) electrons. The van der Waals surface area contributed by atoms with Gasteiger partial charge in [-0.2, -0.15) is 0 Å². The third kappa shape index (κ3) is 5.92. The summed E-state index contributed by atoms with van der Waals surface area (Å²) in [6.45, 7) is 3.33. The summed E-state index contributed by atoms with van der Waals surface area (Å²) in [5, 5.41) is 10.5. The highest BCUT2D eigenvalue weighted by molar-refractivity contribution is 5.89. The quantitative estimate of drug-likeness (QED) is 0.574. The zero-order chi connectivity index (χ0) is 10.5. The largest absolute Gasteiger partial charge is 0.449 e. The molecule has 0 saturated carbocycles. The first-order chi connectivity index (χ1) is 5.87. The average molecular weight is 190 g/mol. The number of carbonyl (C=O) groups is 2. The summed E-state index contributed by atoms with van der Waals surface area (Å²) < 4.78 is 4.60. The Morgan fingerprint density at radius 2 is 2.08 bits per heavy atom. The second-order valence-corrected chi connectivity index (χ2v) is 3.39. The molecule has 0 saturated heterocycles. The van der Waals surface area contributed by atoms with Gasteiger partial charge in [-0.25, -0.2) is 14.9 Å². The van der Waals surface area contributed by atoms with E-state index in [-0.39, 0.29) is 13.2 Å². The molecular weight excluding hydrogens is 176 g/mol. The van der Waals surface area contributed by atoms with Crippen LogP contribution in [0.25, 0.3) is 0 Å². The number of amides is 3. The lowest BCUT2D eigenvalue weighted by molar-refractivity contribution is 0.0624. The molecule has 0 aliphatic rings. The van der Waals surface area contributed by atoms with E-state index in [0.717, 1.165) is 0 Å². The monoisotopic (exact) mass is 190 g/mol. The van der Waals surface area contributed by atoms with Crippen LogP contribution in [0.4, 0.5) is 9.59 Å². The van der Waals surface area contributed by atoms with Crippen LogP contribution in [-0.4, -0.2) is 30.4 Å². The van der Waals surface area contributed by atoms with Gasteiger partial charge >= 0.3 is 12.1 Å². The predicted molar refractivity (Wildman–Crippen MR) is 44.9 cm³/mol. The molecule has 0 aromatic rings. The van der Waals surface area contributed by atoms with Gasteiger partial charge in [-0.3, -0.25) is 0 Å². The molecule has 3 amide bonds. The van der Waals surface area contributed by atoms with Gasteiger partial charge < -0.3 is 15.6 Å². The predicted octanol–water partition coefficient (Wildman–Crippen LogP) is -0.190. The smallest absolute Gasteiger partial charge is 0.415 e. The van der Waals surface area contributed by atoms with Crippen LogP contribution < -0.4 is 11.1 Å². The summed E-state index contributed by atoms with van der Waals surface area (Å²) in [4.78, 5) is 20.9. The Bertz CT molecular complexity index is 203. The van der Waals surface area contributed by atoms with Crippen LogP contribution in [0.2, 0.25) is 0 Å². The maximum atomic E-state index is 10.7. The van der Waals surface area contributed by atoms with Crippen molar-refractivity contribution in [1.29, 1.82) is 0 Å². The van der Waals surface area contributed by atoms with Crippen molar-refractivity contribution in [3.05, 3.63) is 0 Å². The van der Waals surface area contributed by atoms with Crippen molar-refractivity contribution in [2.45, 2.75) is 13.8 Å². The molecule has 0 spiro atoms. The number of alkyl carbamates (subject to hydrolysis) is 1. The number of urea groups is 1. The fraction of sp³-hybridized carbons (Fsp3) is 0.714. The van der Waals surface area contributed by atoms with E-state index in [4.69, 9.17) is 5.11 Å². The highest BCUT2D eigenvalue weighted by Crippen LogP contribution is 2.13. The second kappa shape index (κ2) is 4.66. The molecule has 13 heavy (non-hydrogen) atoms. The van der Waals surface area contributed by atoms with Crippen LogP contribution in [0.3, 0.4) is 0 Å². The fourth-order valence-electron chi connectivity index (χ4n) is 0.443. The van der Waals surface area contributed by atoms with Gasteiger partial charge in [0.25, 0.3) is 0 Å². The van der Waals surface area contributed by atoms with E-state index in [1.54, 1.807) is 19.2 Å². The zero-order valence-electron chi connectivity index (χ0n) is 7.66. The fourth-order valence-corrected chi connectivity index (χ4v) is 0.443. The zero-order valence-corrected chi connectivity index (χ0v) is 7.66. The Hall–Kier alpha value is -1.30. The number of aliphatic hydroxyl groups excluding tert-OH is 1. The molecule has 0 bridgehead atoms. The Morgan fingerprint density at radius 1 is 1.54 bits per heavy atom. The Kier molecular flexibility index (Phi) is 4.19. The number of rotatable bonds is 3. The molecule has 0 aromatic heterocycles. The number of imide groups is 1. The Morgan fingerprint density at radius 3 is 2.46 bits per heavy atom. The third-order valence-corrected chi connectivity index (χ3v) is 1.25. The molecule has 0 heterocycles. The molecule has 76 valence electrons. The van der Waals surface area contributed by atoms with Crippen molar-refractivity contribution in [1.82, 2.24) is 5.32 Å². The number of aliphatic hydroxyl groups is 1. The maximum absolute atomic E-state index is 10.7. The van der Waals surface area contributed by atoms with Crippen LogP contribution in [0.15, 0.2) is 0 Å². The number of ether oxygens (including phenoxy) is 1. The summed E-state index contributed by atoms with van der Waals surface area (Å²) in [7, 11) is 0. The standard InChI is InChI=1S/C7H14N2O4/c1-7(2,3-10)4-13-6(12)9-5(8)11/h10H,3-4H2,1-2H3,(H3,8,9,11,12). The lowest BCUT2D eigenvalue weighted by Gasteiger charge is -2.20. The number of carbonyl (C=O) groups excluding carboxylic acids is 2. The van der Waals surface area contributed by atoms with E-state index < -0.39 is 17.5 Å². The minimum absolute atomic E-state index is 0.0165. The van der Waals surface area contributed by atoms with Gasteiger partial charge in [-0.15, -0.1) is 0 Å². The lowest BCUT2D eigenvalue weighted by atomic mass is 9.97. The number of nitrogens with two attached hydrogens (primary N) is 1. The van der Waals surface area contributed by atoms with Gasteiger partial charge in [-0.1, -0.05) is 13.8 Å². The van der Waals surface area contributed by atoms with Gasteiger partial charge in [0, 0.05) is 5.41 Å². The van der Waals surface area contributed by atoms with Crippen molar-refractivity contribution in [2.75, 3.05) is 13.2 Å². The lowest BCUT2D eigenvalue weighted by Crippen LogP contribution is -2.37. The van der Waals surface area contributed by atoms with E-state index in [1.165, 1.54) is 0 Å². The van der Waals surface area contributed by atoms with Crippen molar-refractivity contribution in [3.63, 3.8) is 0 Å². The maximum Gasteiger partial charge on any atom is 0.415 e. The van der Waals surface area contributed by atoms with Crippen LogP contribution in [0, 0.1) is 5.41 Å². The SMILES string of the molecule is CC(C)(CO)COC(=O)NC(N)=O. The number of nitrogens with one attached hydrogen (secondary N) is 1. The Labute approximate surface area is 76.0 Å². The summed E-state index contributed by atoms with van der Waals surface area (Å²) in [5.41, 5.74) is 4.15. The van der Waals surface area contributed by atoms with E-state index in [1.807, 2.05) is 0 Å². The van der Waals surface area contributed by atoms with Crippen molar-refractivity contribution < 1.29 is 19.4 Å². The van der Waals surface area contributed by atoms with Gasteiger partial charge in [0.2, 0.25) is 0 Å². The van der Waals surface area contributed by atoms with Gasteiger partial charge in [-0.05, 0) is 0 Å². The molecule has 0 aromatic carbocycles. The topological polar surface area (TPSA) is 102 Å². The summed E-state index contributed by atoms with van der Waals surface area (Å²) in [6.07, 6.45) is -0.908. The Balaban J connectivity index is 3.76. The number of hydrogen-bond donors (Lipinski definition) is 3. The van der Waals surface area contributed by atoms with Gasteiger partial charge in [0.1, 0.15) is 6.61 Å². The molecule has 0 atom stereocenters. The summed E-state index contributed by atoms with van der Waals surface area (Å²) >= 11 is 0. The van der Waals surface area contributed by atoms with E-state index in [9.17, 15) is 9.59 Å². The highest BCUT2D eigenvalue weighted by Gasteiger charge is 2.19. The molecule has 0 rings (SSSR count). The minimum atomic E-state index is -0.966. The van der Waals surface area contributed by atoms with E-state index >= 15 is 0 Å². The van der Waals surface area contributed by atoms with Crippen molar-refractivity contribution >= 4 is 12.1 Å². The van der Waals surface area contributed by atoms with Crippen LogP contribution >= 0.6 is 0 Å². The summed E-state index contributed by atoms with van der Waals surface area (Å²) in [5.74, 6) is 0. The van der Waals surface area contributed by atoms with E-state index in [0.29, 0.717) is 0 Å². The molecule has 6 heteroatoms. The molecular formula is C7H14N2O4. The van der Waals surface area contributed by atoms with Gasteiger partial charge in [0.15, 0.2) is 0 Å². The molecule has 0 fully saturated rings. The first kappa shape index (κ1) is 11.7. The minimum Gasteiger partial charge on any atom is -0.449 e. The summed E-state index contributed by atoms with van der Waals surface area (Å²) in [6, 6.07) is -0.966.